The van der Waals surface area contributed by atoms with Gasteiger partial charge < -0.3 is 14.5 Å². The van der Waals surface area contributed by atoms with E-state index in [0.717, 1.165) is 11.1 Å². The quantitative estimate of drug-likeness (QED) is 0.697. The van der Waals surface area contributed by atoms with Gasteiger partial charge >= 0.3 is 7.12 Å². The van der Waals surface area contributed by atoms with Crippen LogP contribution in [0.4, 0.5) is 0 Å². The Bertz CT molecular complexity index is 711. The Morgan fingerprint density at radius 1 is 0.905 bits per heavy atom. The summed E-state index contributed by atoms with van der Waals surface area (Å²) in [7, 11) is -1.45. The summed E-state index contributed by atoms with van der Waals surface area (Å²) in [5, 5.41) is 26.2. The zero-order valence-electron chi connectivity index (χ0n) is 11.2. The first-order valence-electron chi connectivity index (χ1n) is 6.55. The van der Waals surface area contributed by atoms with E-state index in [1.807, 2.05) is 30.3 Å². The Kier molecular flexibility index (Phi) is 3.81. The summed E-state index contributed by atoms with van der Waals surface area (Å²) in [6.45, 7) is 0. The van der Waals surface area contributed by atoms with Gasteiger partial charge in [-0.05, 0) is 23.2 Å². The van der Waals surface area contributed by atoms with Crippen LogP contribution in [0.25, 0.3) is 11.5 Å². The molecule has 5 nitrogen and oxygen atoms in total. The van der Waals surface area contributed by atoms with Crippen molar-refractivity contribution in [2.45, 2.75) is 6.42 Å². The highest BCUT2D eigenvalue weighted by Gasteiger charge is 2.11. The van der Waals surface area contributed by atoms with Crippen LogP contribution < -0.4 is 5.46 Å². The molecule has 1 heterocycles. The first kappa shape index (κ1) is 13.5. The Morgan fingerprint density at radius 3 is 2.29 bits per heavy atom. The fourth-order valence-electron chi connectivity index (χ4n) is 2.00. The summed E-state index contributed by atoms with van der Waals surface area (Å²) in [4.78, 5) is 0. The summed E-state index contributed by atoms with van der Waals surface area (Å²) < 4.78 is 5.63. The molecule has 2 N–H and O–H groups in total. The molecular formula is C15H13BN2O3. The highest BCUT2D eigenvalue weighted by atomic mass is 16.4. The molecule has 3 rings (SSSR count). The summed E-state index contributed by atoms with van der Waals surface area (Å²) in [5.41, 5.74) is 2.30. The molecule has 0 aliphatic heterocycles. The highest BCUT2D eigenvalue weighted by molar-refractivity contribution is 6.58. The van der Waals surface area contributed by atoms with Crippen LogP contribution >= 0.6 is 0 Å². The monoisotopic (exact) mass is 280 g/mol. The minimum absolute atomic E-state index is 0.453. The largest absolute Gasteiger partial charge is 0.488 e. The lowest BCUT2D eigenvalue weighted by molar-refractivity contribution is 0.426. The molecule has 0 fully saturated rings. The first-order chi connectivity index (χ1) is 10.2. The number of aromatic nitrogens is 2. The Morgan fingerprint density at radius 2 is 1.62 bits per heavy atom. The van der Waals surface area contributed by atoms with E-state index >= 15 is 0 Å². The fraction of sp³-hybridized carbons (Fsp3) is 0.0667. The second kappa shape index (κ2) is 5.91. The predicted molar refractivity (Wildman–Crippen MR) is 78.8 cm³/mol. The van der Waals surface area contributed by atoms with Crippen molar-refractivity contribution in [3.63, 3.8) is 0 Å². The zero-order chi connectivity index (χ0) is 14.7. The van der Waals surface area contributed by atoms with Gasteiger partial charge in [-0.25, -0.2) is 0 Å². The molecule has 2 aromatic carbocycles. The lowest BCUT2D eigenvalue weighted by Gasteiger charge is -2.01. The van der Waals surface area contributed by atoms with Gasteiger partial charge in [-0.3, -0.25) is 0 Å². The molecule has 0 atom stereocenters. The van der Waals surface area contributed by atoms with E-state index in [9.17, 15) is 0 Å². The molecular weight excluding hydrogens is 267 g/mol. The smallest absolute Gasteiger partial charge is 0.423 e. The minimum Gasteiger partial charge on any atom is -0.423 e. The van der Waals surface area contributed by atoms with Gasteiger partial charge in [-0.2, -0.15) is 0 Å². The van der Waals surface area contributed by atoms with Crippen LogP contribution in [0.3, 0.4) is 0 Å². The molecule has 1 aromatic heterocycles. The molecule has 104 valence electrons. The number of hydrogen-bond donors (Lipinski definition) is 2. The maximum Gasteiger partial charge on any atom is 0.488 e. The van der Waals surface area contributed by atoms with Gasteiger partial charge in [-0.1, -0.05) is 42.5 Å². The average molecular weight is 280 g/mol. The molecule has 6 heteroatoms. The van der Waals surface area contributed by atoms with Crippen molar-refractivity contribution in [1.29, 1.82) is 0 Å². The van der Waals surface area contributed by atoms with Crippen LogP contribution in [0.1, 0.15) is 11.5 Å². The van der Waals surface area contributed by atoms with Gasteiger partial charge in [0.2, 0.25) is 11.8 Å². The van der Waals surface area contributed by atoms with Crippen LogP contribution in [-0.4, -0.2) is 27.4 Å². The molecule has 0 unspecified atom stereocenters. The third-order valence-corrected chi connectivity index (χ3v) is 3.12. The van der Waals surface area contributed by atoms with E-state index in [2.05, 4.69) is 10.2 Å². The van der Waals surface area contributed by atoms with Gasteiger partial charge in [0.05, 0.1) is 6.42 Å². The van der Waals surface area contributed by atoms with Crippen molar-refractivity contribution in [3.8, 4) is 11.5 Å². The predicted octanol–water partition coefficient (Wildman–Crippen LogP) is 1.01. The molecule has 3 aromatic rings. The summed E-state index contributed by atoms with van der Waals surface area (Å²) in [6.07, 6.45) is 0.502. The standard InChI is InChI=1S/C15H13BN2O3/c19-16(20)13-8-6-11(7-9-13)10-14-17-18-15(21-14)12-4-2-1-3-5-12/h1-9,19-20H,10H2. The maximum atomic E-state index is 9.05. The number of rotatable bonds is 4. The molecule has 0 aliphatic carbocycles. The Balaban J connectivity index is 1.75. The lowest BCUT2D eigenvalue weighted by Crippen LogP contribution is -2.29. The van der Waals surface area contributed by atoms with Crippen molar-refractivity contribution < 1.29 is 14.5 Å². The zero-order valence-corrected chi connectivity index (χ0v) is 11.2. The van der Waals surface area contributed by atoms with E-state index < -0.39 is 7.12 Å². The Labute approximate surface area is 122 Å². The van der Waals surface area contributed by atoms with Crippen LogP contribution in [-0.2, 0) is 6.42 Å². The summed E-state index contributed by atoms with van der Waals surface area (Å²) >= 11 is 0. The molecule has 0 saturated heterocycles. The third-order valence-electron chi connectivity index (χ3n) is 3.12. The first-order valence-corrected chi connectivity index (χ1v) is 6.55. The van der Waals surface area contributed by atoms with Crippen molar-refractivity contribution >= 4 is 12.6 Å². The topological polar surface area (TPSA) is 79.4 Å². The molecule has 0 aliphatic rings. The molecule has 0 spiro atoms. The van der Waals surface area contributed by atoms with Gasteiger partial charge in [0.15, 0.2) is 0 Å². The minimum atomic E-state index is -1.45. The Hall–Kier alpha value is -2.44. The van der Waals surface area contributed by atoms with Gasteiger partial charge in [-0.15, -0.1) is 10.2 Å². The normalized spacial score (nSPS) is 10.6. The highest BCUT2D eigenvalue weighted by Crippen LogP contribution is 2.18. The molecule has 0 radical (unpaired) electrons. The second-order valence-corrected chi connectivity index (χ2v) is 4.66. The maximum absolute atomic E-state index is 9.05. The van der Waals surface area contributed by atoms with Gasteiger partial charge in [0.25, 0.3) is 0 Å². The van der Waals surface area contributed by atoms with Crippen LogP contribution in [0.2, 0.25) is 0 Å². The summed E-state index contributed by atoms with van der Waals surface area (Å²) in [5.74, 6) is 1.01. The van der Waals surface area contributed by atoms with E-state index in [4.69, 9.17) is 14.5 Å². The van der Waals surface area contributed by atoms with E-state index in [1.165, 1.54) is 0 Å². The number of benzene rings is 2. The van der Waals surface area contributed by atoms with E-state index in [-0.39, 0.29) is 0 Å². The fourth-order valence-corrected chi connectivity index (χ4v) is 2.00. The third kappa shape index (κ3) is 3.18. The van der Waals surface area contributed by atoms with Crippen LogP contribution in [0, 0.1) is 0 Å². The van der Waals surface area contributed by atoms with Crippen molar-refractivity contribution in [1.82, 2.24) is 10.2 Å². The molecule has 0 bridgehead atoms. The van der Waals surface area contributed by atoms with Gasteiger partial charge in [0, 0.05) is 5.56 Å². The lowest BCUT2D eigenvalue weighted by atomic mass is 9.80. The van der Waals surface area contributed by atoms with Crippen molar-refractivity contribution in [3.05, 3.63) is 66.1 Å². The van der Waals surface area contributed by atoms with Crippen molar-refractivity contribution in [2.24, 2.45) is 0 Å². The molecule has 21 heavy (non-hydrogen) atoms. The van der Waals surface area contributed by atoms with Crippen LogP contribution in [0.15, 0.2) is 59.0 Å². The van der Waals surface area contributed by atoms with Crippen molar-refractivity contribution in [2.75, 3.05) is 0 Å². The van der Waals surface area contributed by atoms with Gasteiger partial charge in [0.1, 0.15) is 0 Å². The van der Waals surface area contributed by atoms with E-state index in [1.54, 1.807) is 24.3 Å². The number of hydrogen-bond acceptors (Lipinski definition) is 5. The van der Waals surface area contributed by atoms with E-state index in [0.29, 0.717) is 23.7 Å². The molecule has 0 amide bonds. The molecule has 0 saturated carbocycles. The SMILES string of the molecule is OB(O)c1ccc(Cc2nnc(-c3ccccc3)o2)cc1. The number of nitrogens with zero attached hydrogens (tertiary/aromatic N) is 2. The average Bonchev–Trinajstić information content (AvgIpc) is 2.97. The van der Waals surface area contributed by atoms with Crippen LogP contribution in [0.5, 0.6) is 0 Å². The summed E-state index contributed by atoms with van der Waals surface area (Å²) in [6, 6.07) is 16.5. The second-order valence-electron chi connectivity index (χ2n) is 4.66.